The fourth-order valence-corrected chi connectivity index (χ4v) is 4.84. The second-order valence-electron chi connectivity index (χ2n) is 6.47. The summed E-state index contributed by atoms with van der Waals surface area (Å²) in [5.41, 5.74) is 1.76. The molecule has 8 nitrogen and oxygen atoms in total. The molecule has 1 fully saturated rings. The molecule has 0 spiro atoms. The van der Waals surface area contributed by atoms with E-state index in [1.807, 2.05) is 6.92 Å². The van der Waals surface area contributed by atoms with E-state index < -0.39 is 10.0 Å². The fraction of sp³-hybridized carbons (Fsp3) is 0.688. The molecule has 0 unspecified atom stereocenters. The molecule has 1 N–H and O–H groups in total. The number of aromatic nitrogens is 2. The van der Waals surface area contributed by atoms with Crippen LogP contribution in [0.5, 0.6) is 0 Å². The molecule has 1 saturated heterocycles. The van der Waals surface area contributed by atoms with Crippen LogP contribution < -0.4 is 5.32 Å². The van der Waals surface area contributed by atoms with Crippen LogP contribution in [0, 0.1) is 0 Å². The predicted molar refractivity (Wildman–Crippen MR) is 94.9 cm³/mol. The molecule has 3 rings (SSSR count). The summed E-state index contributed by atoms with van der Waals surface area (Å²) in [5, 5.41) is 2.90. The molecule has 25 heavy (non-hydrogen) atoms. The van der Waals surface area contributed by atoms with E-state index in [-0.39, 0.29) is 18.2 Å². The lowest BCUT2D eigenvalue weighted by molar-refractivity contribution is 0.0784. The smallest absolute Gasteiger partial charge is 0.273 e. The zero-order valence-electron chi connectivity index (χ0n) is 14.8. The van der Waals surface area contributed by atoms with E-state index in [0.717, 1.165) is 31.6 Å². The number of hydrogen-bond acceptors (Lipinski definition) is 6. The Kier molecular flexibility index (Phi) is 5.24. The molecule has 0 radical (unpaired) electrons. The standard InChI is InChI=1S/C16H25N5O3S/c1-3-10-25(23,24)21-9-6-13-12(11-21)14(19-16(17-2)18-13)15(22)20-7-4-5-8-20/h3-11H2,1-2H3,(H,17,18,19). The zero-order chi connectivity index (χ0) is 18.0. The van der Waals surface area contributed by atoms with Gasteiger partial charge in [0.15, 0.2) is 0 Å². The van der Waals surface area contributed by atoms with Crippen molar-refractivity contribution in [3.05, 3.63) is 17.0 Å². The first-order valence-corrected chi connectivity index (χ1v) is 10.4. The molecule has 1 aromatic heterocycles. The normalized spacial score (nSPS) is 18.2. The van der Waals surface area contributed by atoms with Gasteiger partial charge in [-0.1, -0.05) is 6.92 Å². The molecule has 0 atom stereocenters. The number of likely N-dealkylation sites (tertiary alicyclic amines) is 1. The van der Waals surface area contributed by atoms with Crippen LogP contribution in [0.25, 0.3) is 0 Å². The highest BCUT2D eigenvalue weighted by Gasteiger charge is 2.32. The SMILES string of the molecule is CCCS(=O)(=O)N1CCc2nc(NC)nc(C(=O)N3CCCC3)c2C1. The molecule has 0 aliphatic carbocycles. The van der Waals surface area contributed by atoms with Crippen molar-refractivity contribution in [3.8, 4) is 0 Å². The van der Waals surface area contributed by atoms with Crippen molar-refractivity contribution >= 4 is 21.9 Å². The third kappa shape index (κ3) is 3.62. The van der Waals surface area contributed by atoms with Gasteiger partial charge in [0.1, 0.15) is 5.69 Å². The number of nitrogens with zero attached hydrogens (tertiary/aromatic N) is 4. The van der Waals surface area contributed by atoms with Gasteiger partial charge < -0.3 is 10.2 Å². The van der Waals surface area contributed by atoms with Crippen LogP contribution in [0.4, 0.5) is 5.95 Å². The first kappa shape index (κ1) is 18.1. The zero-order valence-corrected chi connectivity index (χ0v) is 15.6. The number of sulfonamides is 1. The third-order valence-electron chi connectivity index (χ3n) is 4.70. The lowest BCUT2D eigenvalue weighted by Gasteiger charge is -2.29. The van der Waals surface area contributed by atoms with Crippen LogP contribution in [0.15, 0.2) is 0 Å². The first-order chi connectivity index (χ1) is 12.0. The van der Waals surface area contributed by atoms with E-state index >= 15 is 0 Å². The minimum absolute atomic E-state index is 0.118. The summed E-state index contributed by atoms with van der Waals surface area (Å²) in [6, 6.07) is 0. The maximum atomic E-state index is 12.9. The van der Waals surface area contributed by atoms with Crippen molar-refractivity contribution in [2.75, 3.05) is 37.8 Å². The second-order valence-corrected chi connectivity index (χ2v) is 8.56. The molecule has 0 saturated carbocycles. The Bertz CT molecular complexity index is 759. The Hall–Kier alpha value is -1.74. The van der Waals surface area contributed by atoms with Crippen LogP contribution in [0.1, 0.15) is 47.9 Å². The number of nitrogens with one attached hydrogen (secondary N) is 1. The highest BCUT2D eigenvalue weighted by molar-refractivity contribution is 7.89. The highest BCUT2D eigenvalue weighted by atomic mass is 32.2. The highest BCUT2D eigenvalue weighted by Crippen LogP contribution is 2.26. The summed E-state index contributed by atoms with van der Waals surface area (Å²) in [7, 11) is -1.60. The van der Waals surface area contributed by atoms with E-state index in [4.69, 9.17) is 0 Å². The maximum absolute atomic E-state index is 12.9. The number of carbonyl (C=O) groups is 1. The summed E-state index contributed by atoms with van der Waals surface area (Å²) in [5.74, 6) is 0.404. The number of anilines is 1. The lowest BCUT2D eigenvalue weighted by atomic mass is 10.0. The average molecular weight is 367 g/mol. The van der Waals surface area contributed by atoms with Gasteiger partial charge in [0, 0.05) is 45.2 Å². The summed E-state index contributed by atoms with van der Waals surface area (Å²) in [6.45, 7) is 3.87. The van der Waals surface area contributed by atoms with Gasteiger partial charge in [0.2, 0.25) is 16.0 Å². The summed E-state index contributed by atoms with van der Waals surface area (Å²) < 4.78 is 26.3. The van der Waals surface area contributed by atoms with Crippen LogP contribution in [-0.2, 0) is 23.0 Å². The average Bonchev–Trinajstić information content (AvgIpc) is 3.14. The van der Waals surface area contributed by atoms with Gasteiger partial charge in [-0.25, -0.2) is 18.4 Å². The molecular weight excluding hydrogens is 342 g/mol. The minimum atomic E-state index is -3.32. The molecule has 9 heteroatoms. The Balaban J connectivity index is 1.97. The van der Waals surface area contributed by atoms with E-state index in [1.54, 1.807) is 11.9 Å². The monoisotopic (exact) mass is 367 g/mol. The summed E-state index contributed by atoms with van der Waals surface area (Å²) >= 11 is 0. The Morgan fingerprint density at radius 3 is 2.56 bits per heavy atom. The number of carbonyl (C=O) groups excluding carboxylic acids is 1. The number of rotatable bonds is 5. The molecule has 1 aromatic rings. The number of fused-ring (bicyclic) bond motifs is 1. The van der Waals surface area contributed by atoms with Gasteiger partial charge in [-0.3, -0.25) is 4.79 Å². The lowest BCUT2D eigenvalue weighted by Crippen LogP contribution is -2.40. The van der Waals surface area contributed by atoms with Gasteiger partial charge >= 0.3 is 0 Å². The summed E-state index contributed by atoms with van der Waals surface area (Å²) in [6.07, 6.45) is 3.06. The van der Waals surface area contributed by atoms with E-state index in [1.165, 1.54) is 4.31 Å². The van der Waals surface area contributed by atoms with Crippen LogP contribution in [0.2, 0.25) is 0 Å². The van der Waals surface area contributed by atoms with Crippen molar-refractivity contribution in [1.29, 1.82) is 0 Å². The molecule has 0 bridgehead atoms. The molecule has 2 aliphatic heterocycles. The fourth-order valence-electron chi connectivity index (χ4n) is 3.37. The van der Waals surface area contributed by atoms with Crippen LogP contribution in [-0.4, -0.2) is 65.9 Å². The van der Waals surface area contributed by atoms with Gasteiger partial charge in [0.25, 0.3) is 5.91 Å². The predicted octanol–water partition coefficient (Wildman–Crippen LogP) is 0.852. The van der Waals surface area contributed by atoms with Gasteiger partial charge in [-0.15, -0.1) is 0 Å². The number of hydrogen-bond donors (Lipinski definition) is 1. The van der Waals surface area contributed by atoms with E-state index in [9.17, 15) is 13.2 Å². The summed E-state index contributed by atoms with van der Waals surface area (Å²) in [4.78, 5) is 23.5. The largest absolute Gasteiger partial charge is 0.357 e. The van der Waals surface area contributed by atoms with E-state index in [0.29, 0.717) is 36.6 Å². The molecule has 0 aromatic carbocycles. The van der Waals surface area contributed by atoms with Crippen LogP contribution >= 0.6 is 0 Å². The van der Waals surface area contributed by atoms with Crippen molar-refractivity contribution in [1.82, 2.24) is 19.2 Å². The molecule has 138 valence electrons. The second kappa shape index (κ2) is 7.25. The van der Waals surface area contributed by atoms with Crippen LogP contribution in [0.3, 0.4) is 0 Å². The van der Waals surface area contributed by atoms with Gasteiger partial charge in [-0.05, 0) is 19.3 Å². The molecule has 1 amide bonds. The van der Waals surface area contributed by atoms with Crippen molar-refractivity contribution in [2.24, 2.45) is 0 Å². The van der Waals surface area contributed by atoms with Gasteiger partial charge in [-0.2, -0.15) is 4.31 Å². The maximum Gasteiger partial charge on any atom is 0.273 e. The van der Waals surface area contributed by atoms with Crippen molar-refractivity contribution in [2.45, 2.75) is 39.2 Å². The molecule has 3 heterocycles. The minimum Gasteiger partial charge on any atom is -0.357 e. The third-order valence-corrected chi connectivity index (χ3v) is 6.72. The Morgan fingerprint density at radius 2 is 1.92 bits per heavy atom. The van der Waals surface area contributed by atoms with Crippen molar-refractivity contribution in [3.63, 3.8) is 0 Å². The number of amides is 1. The molecular formula is C16H25N5O3S. The first-order valence-electron chi connectivity index (χ1n) is 8.81. The Morgan fingerprint density at radius 1 is 1.20 bits per heavy atom. The molecule has 2 aliphatic rings. The van der Waals surface area contributed by atoms with Crippen molar-refractivity contribution < 1.29 is 13.2 Å². The quantitative estimate of drug-likeness (QED) is 0.829. The Labute approximate surface area is 148 Å². The topological polar surface area (TPSA) is 95.5 Å². The van der Waals surface area contributed by atoms with Gasteiger partial charge in [0.05, 0.1) is 11.4 Å². The van der Waals surface area contributed by atoms with E-state index in [2.05, 4.69) is 15.3 Å².